The molecule has 2 atom stereocenters. The number of allylic oxidation sites excluding steroid dienone is 3. The van der Waals surface area contributed by atoms with Gasteiger partial charge in [-0.1, -0.05) is 25.1 Å². The third-order valence-electron chi connectivity index (χ3n) is 6.78. The molecule has 0 unspecified atom stereocenters. The van der Waals surface area contributed by atoms with Crippen LogP contribution in [-0.4, -0.2) is 37.5 Å². The van der Waals surface area contributed by atoms with Gasteiger partial charge in [0.1, 0.15) is 0 Å². The molecule has 0 radical (unpaired) electrons. The monoisotopic (exact) mass is 506 g/mol. The molecule has 0 aromatic heterocycles. The SMILES string of the molecule is CCCOC(=O)C1=C(C)NC2=C(C(=O)C[C@H](c3ccc(OC)c(OC)c3)C2)[C@H]1c1cccc([N+](=O)[O-])c1. The number of dihydropyridines is 1. The first kappa shape index (κ1) is 25.9. The minimum atomic E-state index is -0.764. The van der Waals surface area contributed by atoms with Gasteiger partial charge in [-0.15, -0.1) is 0 Å². The van der Waals surface area contributed by atoms with Gasteiger partial charge >= 0.3 is 5.97 Å². The lowest BCUT2D eigenvalue weighted by Crippen LogP contribution is -2.36. The number of nitro groups is 1. The average Bonchev–Trinajstić information content (AvgIpc) is 2.90. The fourth-order valence-corrected chi connectivity index (χ4v) is 5.08. The van der Waals surface area contributed by atoms with E-state index in [4.69, 9.17) is 14.2 Å². The number of non-ortho nitro benzene ring substituents is 1. The molecule has 0 saturated carbocycles. The van der Waals surface area contributed by atoms with E-state index < -0.39 is 16.8 Å². The molecule has 0 saturated heterocycles. The Morgan fingerprint density at radius 3 is 2.51 bits per heavy atom. The molecule has 194 valence electrons. The molecule has 2 aromatic carbocycles. The Morgan fingerprint density at radius 1 is 1.08 bits per heavy atom. The summed E-state index contributed by atoms with van der Waals surface area (Å²) in [5, 5.41) is 14.8. The van der Waals surface area contributed by atoms with E-state index in [-0.39, 0.29) is 30.4 Å². The lowest BCUT2D eigenvalue weighted by atomic mass is 9.71. The number of methoxy groups -OCH3 is 2. The van der Waals surface area contributed by atoms with Gasteiger partial charge in [-0.3, -0.25) is 14.9 Å². The van der Waals surface area contributed by atoms with Crippen molar-refractivity contribution in [1.29, 1.82) is 0 Å². The van der Waals surface area contributed by atoms with Crippen molar-refractivity contribution in [3.63, 3.8) is 0 Å². The molecule has 1 aliphatic heterocycles. The number of carbonyl (C=O) groups excluding carboxylic acids is 2. The predicted molar refractivity (Wildman–Crippen MR) is 136 cm³/mol. The molecular weight excluding hydrogens is 476 g/mol. The first-order valence-electron chi connectivity index (χ1n) is 12.2. The number of hydrogen-bond donors (Lipinski definition) is 1. The van der Waals surface area contributed by atoms with Crippen molar-refractivity contribution in [2.45, 2.75) is 44.9 Å². The number of esters is 1. The molecule has 9 nitrogen and oxygen atoms in total. The molecule has 1 aliphatic carbocycles. The van der Waals surface area contributed by atoms with Crippen LogP contribution in [0.5, 0.6) is 11.5 Å². The van der Waals surface area contributed by atoms with Gasteiger partial charge in [-0.25, -0.2) is 4.79 Å². The van der Waals surface area contributed by atoms with Crippen LogP contribution in [0.2, 0.25) is 0 Å². The highest BCUT2D eigenvalue weighted by molar-refractivity contribution is 6.04. The quantitative estimate of drug-likeness (QED) is 0.304. The molecule has 2 aromatic rings. The van der Waals surface area contributed by atoms with Crippen molar-refractivity contribution < 1.29 is 28.7 Å². The summed E-state index contributed by atoms with van der Waals surface area (Å²) in [5.74, 6) is -0.368. The second-order valence-electron chi connectivity index (χ2n) is 9.12. The number of Topliss-reactive ketones (excluding diaryl/α,β-unsaturated/α-hetero) is 1. The van der Waals surface area contributed by atoms with Gasteiger partial charge in [0, 0.05) is 41.4 Å². The van der Waals surface area contributed by atoms with Gasteiger partial charge in [-0.05, 0) is 48.9 Å². The number of ether oxygens (including phenoxy) is 3. The maximum Gasteiger partial charge on any atom is 0.336 e. The topological polar surface area (TPSA) is 117 Å². The molecule has 37 heavy (non-hydrogen) atoms. The lowest BCUT2D eigenvalue weighted by Gasteiger charge is -2.36. The summed E-state index contributed by atoms with van der Waals surface area (Å²) in [6.07, 6.45) is 1.39. The van der Waals surface area contributed by atoms with Crippen molar-refractivity contribution in [3.05, 3.63) is 86.2 Å². The van der Waals surface area contributed by atoms with Crippen LogP contribution in [0.3, 0.4) is 0 Å². The summed E-state index contributed by atoms with van der Waals surface area (Å²) in [6.45, 7) is 3.89. The van der Waals surface area contributed by atoms with E-state index in [0.29, 0.717) is 52.4 Å². The van der Waals surface area contributed by atoms with E-state index in [1.807, 2.05) is 25.1 Å². The van der Waals surface area contributed by atoms with Crippen LogP contribution in [-0.2, 0) is 14.3 Å². The van der Waals surface area contributed by atoms with E-state index >= 15 is 0 Å². The molecular formula is C28H30N2O7. The Kier molecular flexibility index (Phi) is 7.61. The molecule has 1 N–H and O–H groups in total. The van der Waals surface area contributed by atoms with Gasteiger partial charge in [0.05, 0.1) is 31.3 Å². The fourth-order valence-electron chi connectivity index (χ4n) is 5.08. The van der Waals surface area contributed by atoms with Gasteiger partial charge in [0.2, 0.25) is 0 Å². The predicted octanol–water partition coefficient (Wildman–Crippen LogP) is 4.93. The molecule has 4 rings (SSSR count). The maximum absolute atomic E-state index is 13.7. The summed E-state index contributed by atoms with van der Waals surface area (Å²) in [6, 6.07) is 11.7. The highest BCUT2D eigenvalue weighted by Gasteiger charge is 2.41. The number of nitro benzene ring substituents is 1. The van der Waals surface area contributed by atoms with Crippen molar-refractivity contribution in [2.24, 2.45) is 0 Å². The van der Waals surface area contributed by atoms with Crippen LogP contribution in [0.25, 0.3) is 0 Å². The molecule has 0 bridgehead atoms. The Morgan fingerprint density at radius 2 is 1.84 bits per heavy atom. The minimum Gasteiger partial charge on any atom is -0.493 e. The lowest BCUT2D eigenvalue weighted by molar-refractivity contribution is -0.384. The summed E-state index contributed by atoms with van der Waals surface area (Å²) in [4.78, 5) is 37.9. The zero-order valence-electron chi connectivity index (χ0n) is 21.3. The van der Waals surface area contributed by atoms with E-state index in [2.05, 4.69) is 5.32 Å². The number of carbonyl (C=O) groups is 2. The fraction of sp³-hybridized carbons (Fsp3) is 0.357. The van der Waals surface area contributed by atoms with Gasteiger partial charge in [0.15, 0.2) is 17.3 Å². The second kappa shape index (κ2) is 10.9. The summed E-state index contributed by atoms with van der Waals surface area (Å²) < 4.78 is 16.2. The zero-order valence-corrected chi connectivity index (χ0v) is 21.3. The van der Waals surface area contributed by atoms with Crippen LogP contribution in [0.15, 0.2) is 65.0 Å². The highest BCUT2D eigenvalue weighted by Crippen LogP contribution is 2.46. The van der Waals surface area contributed by atoms with Crippen LogP contribution in [0.1, 0.15) is 56.1 Å². The number of hydrogen-bond acceptors (Lipinski definition) is 8. The van der Waals surface area contributed by atoms with E-state index in [1.54, 1.807) is 33.3 Å². The van der Waals surface area contributed by atoms with Crippen molar-refractivity contribution >= 4 is 17.4 Å². The molecule has 2 aliphatic rings. The van der Waals surface area contributed by atoms with Crippen molar-refractivity contribution in [2.75, 3.05) is 20.8 Å². The third kappa shape index (κ3) is 5.07. The van der Waals surface area contributed by atoms with E-state index in [9.17, 15) is 19.7 Å². The number of benzene rings is 2. The van der Waals surface area contributed by atoms with Gasteiger partial charge < -0.3 is 19.5 Å². The molecule has 0 spiro atoms. The van der Waals surface area contributed by atoms with Crippen LogP contribution < -0.4 is 14.8 Å². The Labute approximate surface area is 215 Å². The number of nitrogens with one attached hydrogen (secondary N) is 1. The minimum absolute atomic E-state index is 0.108. The second-order valence-corrected chi connectivity index (χ2v) is 9.12. The summed E-state index contributed by atoms with van der Waals surface area (Å²) >= 11 is 0. The Balaban J connectivity index is 1.79. The Hall–Kier alpha value is -4.14. The number of rotatable bonds is 8. The highest BCUT2D eigenvalue weighted by atomic mass is 16.6. The van der Waals surface area contributed by atoms with Crippen molar-refractivity contribution in [1.82, 2.24) is 5.32 Å². The van der Waals surface area contributed by atoms with Gasteiger partial charge in [-0.2, -0.15) is 0 Å². The van der Waals surface area contributed by atoms with E-state index in [1.165, 1.54) is 12.1 Å². The average molecular weight is 507 g/mol. The number of ketones is 1. The smallest absolute Gasteiger partial charge is 0.336 e. The molecule has 0 amide bonds. The largest absolute Gasteiger partial charge is 0.493 e. The van der Waals surface area contributed by atoms with Crippen LogP contribution >= 0.6 is 0 Å². The van der Waals surface area contributed by atoms with E-state index in [0.717, 1.165) is 5.56 Å². The molecule has 9 heteroatoms. The number of nitrogens with zero attached hydrogens (tertiary/aromatic N) is 1. The van der Waals surface area contributed by atoms with Gasteiger partial charge in [0.25, 0.3) is 5.69 Å². The zero-order chi connectivity index (χ0) is 26.7. The van der Waals surface area contributed by atoms with Crippen molar-refractivity contribution in [3.8, 4) is 11.5 Å². The summed E-state index contributed by atoms with van der Waals surface area (Å²) in [7, 11) is 3.13. The summed E-state index contributed by atoms with van der Waals surface area (Å²) in [5.41, 5.74) is 3.35. The first-order valence-corrected chi connectivity index (χ1v) is 12.2. The molecule has 1 heterocycles. The Bertz CT molecular complexity index is 1310. The third-order valence-corrected chi connectivity index (χ3v) is 6.78. The molecule has 0 fully saturated rings. The van der Waals surface area contributed by atoms with Crippen LogP contribution in [0, 0.1) is 10.1 Å². The first-order chi connectivity index (χ1) is 17.8. The maximum atomic E-state index is 13.7. The normalized spacial score (nSPS) is 19.2. The van der Waals surface area contributed by atoms with Crippen LogP contribution in [0.4, 0.5) is 5.69 Å². The standard InChI is InChI=1S/C28H30N2O7/c1-5-11-37-28(32)25-16(2)29-21-13-19(17-9-10-23(35-3)24(15-17)36-4)14-22(31)27(21)26(25)18-7-6-8-20(12-18)30(33)34/h6-10,12,15,19,26,29H,5,11,13-14H2,1-4H3/t19-,26+/m1/s1.